The predicted octanol–water partition coefficient (Wildman–Crippen LogP) is 3.23. The molecule has 0 radical (unpaired) electrons. The molecule has 1 aromatic carbocycles. The quantitative estimate of drug-likeness (QED) is 0.568. The molecular weight excluding hydrogens is 256 g/mol. The molecule has 0 bridgehead atoms. The number of carbonyl (C=O) groups is 1. The van der Waals surface area contributed by atoms with Gasteiger partial charge in [0.05, 0.1) is 32.5 Å². The lowest BCUT2D eigenvalue weighted by Crippen LogP contribution is -2.21. The Morgan fingerprint density at radius 3 is 2.45 bits per heavy atom. The maximum Gasteiger partial charge on any atom is 0.159 e. The molecule has 0 aliphatic carbocycles. The van der Waals surface area contributed by atoms with E-state index in [2.05, 4.69) is 0 Å². The third kappa shape index (κ3) is 5.72. The average Bonchev–Trinajstić information content (AvgIpc) is 2.36. The first-order chi connectivity index (χ1) is 9.33. The first-order valence-electron chi connectivity index (χ1n) is 6.73. The van der Waals surface area contributed by atoms with Crippen LogP contribution < -0.4 is 4.74 Å². The van der Waals surface area contributed by atoms with Crippen molar-refractivity contribution in [1.82, 2.24) is 0 Å². The van der Waals surface area contributed by atoms with Crippen LogP contribution in [-0.4, -0.2) is 31.7 Å². The Morgan fingerprint density at radius 1 is 1.20 bits per heavy atom. The highest BCUT2D eigenvalue weighted by Gasteiger charge is 2.10. The van der Waals surface area contributed by atoms with E-state index >= 15 is 0 Å². The standard InChI is InChI=1S/C16H24O4/c1-12(17)13-6-7-15(18-5)14(10-13)11-19-8-9-20-16(2,3)4/h6-7,10H,8-9,11H2,1-5H3. The Morgan fingerprint density at radius 2 is 1.90 bits per heavy atom. The fourth-order valence-electron chi connectivity index (χ4n) is 1.70. The van der Waals surface area contributed by atoms with E-state index < -0.39 is 0 Å². The number of ketones is 1. The molecule has 0 aliphatic rings. The summed E-state index contributed by atoms with van der Waals surface area (Å²) in [4.78, 5) is 11.4. The van der Waals surface area contributed by atoms with Gasteiger partial charge < -0.3 is 14.2 Å². The van der Waals surface area contributed by atoms with Crippen LogP contribution >= 0.6 is 0 Å². The maximum atomic E-state index is 11.4. The minimum absolute atomic E-state index is 0.0324. The highest BCUT2D eigenvalue weighted by molar-refractivity contribution is 5.94. The Balaban J connectivity index is 2.53. The van der Waals surface area contributed by atoms with Gasteiger partial charge in [0.2, 0.25) is 0 Å². The zero-order valence-electron chi connectivity index (χ0n) is 13.0. The number of carbonyl (C=O) groups excluding carboxylic acids is 1. The van der Waals surface area contributed by atoms with Gasteiger partial charge in [-0.1, -0.05) is 0 Å². The first kappa shape index (κ1) is 16.7. The van der Waals surface area contributed by atoms with Gasteiger partial charge in [0.1, 0.15) is 5.75 Å². The second-order valence-electron chi connectivity index (χ2n) is 5.60. The summed E-state index contributed by atoms with van der Waals surface area (Å²) < 4.78 is 16.4. The third-order valence-corrected chi connectivity index (χ3v) is 2.71. The normalized spacial score (nSPS) is 11.4. The molecule has 4 nitrogen and oxygen atoms in total. The molecule has 0 aromatic heterocycles. The summed E-state index contributed by atoms with van der Waals surface area (Å²) >= 11 is 0. The molecule has 0 saturated heterocycles. The summed E-state index contributed by atoms with van der Waals surface area (Å²) in [6.07, 6.45) is 0. The fraction of sp³-hybridized carbons (Fsp3) is 0.562. The van der Waals surface area contributed by atoms with Gasteiger partial charge in [-0.25, -0.2) is 0 Å². The number of ether oxygens (including phenoxy) is 3. The number of rotatable bonds is 7. The zero-order chi connectivity index (χ0) is 15.2. The van der Waals surface area contributed by atoms with E-state index in [1.807, 2.05) is 26.8 Å². The maximum absolute atomic E-state index is 11.4. The minimum atomic E-state index is -0.157. The van der Waals surface area contributed by atoms with Crippen LogP contribution in [0.5, 0.6) is 5.75 Å². The zero-order valence-corrected chi connectivity index (χ0v) is 13.0. The molecule has 0 aliphatic heterocycles. The lowest BCUT2D eigenvalue weighted by molar-refractivity contribution is -0.0378. The molecule has 0 heterocycles. The van der Waals surface area contributed by atoms with Gasteiger partial charge in [-0.15, -0.1) is 0 Å². The number of methoxy groups -OCH3 is 1. The van der Waals surface area contributed by atoms with E-state index in [0.717, 1.165) is 11.3 Å². The Labute approximate surface area is 121 Å². The highest BCUT2D eigenvalue weighted by atomic mass is 16.5. The van der Waals surface area contributed by atoms with E-state index in [0.29, 0.717) is 25.4 Å². The van der Waals surface area contributed by atoms with Gasteiger partial charge >= 0.3 is 0 Å². The highest BCUT2D eigenvalue weighted by Crippen LogP contribution is 2.21. The predicted molar refractivity (Wildman–Crippen MR) is 78.4 cm³/mol. The van der Waals surface area contributed by atoms with Crippen molar-refractivity contribution in [3.8, 4) is 5.75 Å². The first-order valence-corrected chi connectivity index (χ1v) is 6.73. The van der Waals surface area contributed by atoms with Crippen LogP contribution in [-0.2, 0) is 16.1 Å². The Bertz CT molecular complexity index is 446. The van der Waals surface area contributed by atoms with Gasteiger partial charge in [-0.3, -0.25) is 4.79 Å². The van der Waals surface area contributed by atoms with E-state index in [4.69, 9.17) is 14.2 Å². The number of benzene rings is 1. The van der Waals surface area contributed by atoms with Crippen LogP contribution in [0.25, 0.3) is 0 Å². The number of Topliss-reactive ketones (excluding diaryl/α,β-unsaturated/α-hetero) is 1. The summed E-state index contributed by atoms with van der Waals surface area (Å²) in [6, 6.07) is 5.36. The van der Waals surface area contributed by atoms with Crippen molar-refractivity contribution in [2.75, 3.05) is 20.3 Å². The largest absolute Gasteiger partial charge is 0.496 e. The van der Waals surface area contributed by atoms with Crippen LogP contribution in [0.1, 0.15) is 43.6 Å². The molecular formula is C16H24O4. The topological polar surface area (TPSA) is 44.8 Å². The number of hydrogen-bond donors (Lipinski definition) is 0. The molecule has 0 fully saturated rings. The van der Waals surface area contributed by atoms with Crippen molar-refractivity contribution in [3.63, 3.8) is 0 Å². The molecule has 1 aromatic rings. The van der Waals surface area contributed by atoms with E-state index in [1.165, 1.54) is 0 Å². The molecule has 0 atom stereocenters. The second-order valence-corrected chi connectivity index (χ2v) is 5.60. The van der Waals surface area contributed by atoms with E-state index in [1.54, 1.807) is 26.2 Å². The van der Waals surface area contributed by atoms with Crippen LogP contribution in [0.2, 0.25) is 0 Å². The lowest BCUT2D eigenvalue weighted by atomic mass is 10.1. The van der Waals surface area contributed by atoms with E-state index in [9.17, 15) is 4.79 Å². The molecule has 4 heteroatoms. The van der Waals surface area contributed by atoms with Crippen molar-refractivity contribution in [1.29, 1.82) is 0 Å². The Hall–Kier alpha value is -1.39. The smallest absolute Gasteiger partial charge is 0.159 e. The molecule has 0 saturated carbocycles. The van der Waals surface area contributed by atoms with Crippen LogP contribution in [0.4, 0.5) is 0 Å². The van der Waals surface area contributed by atoms with Gasteiger partial charge in [-0.2, -0.15) is 0 Å². The van der Waals surface area contributed by atoms with Crippen LogP contribution in [0.3, 0.4) is 0 Å². The van der Waals surface area contributed by atoms with Gasteiger partial charge in [0, 0.05) is 11.1 Å². The molecule has 1 rings (SSSR count). The van der Waals surface area contributed by atoms with Crippen molar-refractivity contribution in [3.05, 3.63) is 29.3 Å². The van der Waals surface area contributed by atoms with Crippen LogP contribution in [0.15, 0.2) is 18.2 Å². The summed E-state index contributed by atoms with van der Waals surface area (Å²) in [7, 11) is 1.61. The third-order valence-electron chi connectivity index (χ3n) is 2.71. The monoisotopic (exact) mass is 280 g/mol. The van der Waals surface area contributed by atoms with E-state index in [-0.39, 0.29) is 11.4 Å². The molecule has 0 spiro atoms. The fourth-order valence-corrected chi connectivity index (χ4v) is 1.70. The summed E-state index contributed by atoms with van der Waals surface area (Å²) in [5, 5.41) is 0. The SMILES string of the molecule is COc1ccc(C(C)=O)cc1COCCOC(C)(C)C. The van der Waals surface area contributed by atoms with Crippen molar-refractivity contribution < 1.29 is 19.0 Å². The molecule has 0 unspecified atom stereocenters. The van der Waals surface area contributed by atoms with Crippen molar-refractivity contribution in [2.45, 2.75) is 39.9 Å². The molecule has 20 heavy (non-hydrogen) atoms. The van der Waals surface area contributed by atoms with Crippen molar-refractivity contribution in [2.24, 2.45) is 0 Å². The molecule has 0 amide bonds. The minimum Gasteiger partial charge on any atom is -0.496 e. The van der Waals surface area contributed by atoms with Crippen molar-refractivity contribution >= 4 is 5.78 Å². The molecule has 112 valence electrons. The summed E-state index contributed by atoms with van der Waals surface area (Å²) in [5.74, 6) is 0.761. The van der Waals surface area contributed by atoms with Gasteiger partial charge in [-0.05, 0) is 45.9 Å². The summed E-state index contributed by atoms with van der Waals surface area (Å²) in [6.45, 7) is 9.01. The number of hydrogen-bond acceptors (Lipinski definition) is 4. The summed E-state index contributed by atoms with van der Waals surface area (Å²) in [5.41, 5.74) is 1.38. The van der Waals surface area contributed by atoms with Gasteiger partial charge in [0.15, 0.2) is 5.78 Å². The average molecular weight is 280 g/mol. The Kier molecular flexibility index (Phi) is 6.17. The van der Waals surface area contributed by atoms with Crippen LogP contribution in [0, 0.1) is 0 Å². The molecule has 0 N–H and O–H groups in total. The lowest BCUT2D eigenvalue weighted by Gasteiger charge is -2.19. The second kappa shape index (κ2) is 7.41. The van der Waals surface area contributed by atoms with Gasteiger partial charge in [0.25, 0.3) is 0 Å².